The molecule has 0 bridgehead atoms. The van der Waals surface area contributed by atoms with E-state index in [4.69, 9.17) is 24.9 Å². The molecule has 42 heavy (non-hydrogen) atoms. The largest absolute Gasteiger partial charge is 0.399 e. The van der Waals surface area contributed by atoms with Crippen LogP contribution >= 0.6 is 0 Å². The number of nitrogen functional groups attached to an aromatic ring is 1. The summed E-state index contributed by atoms with van der Waals surface area (Å²) < 4.78 is 23.4. The lowest BCUT2D eigenvalue weighted by Crippen LogP contribution is -2.33. The molecule has 5 aromatic rings. The second-order valence-corrected chi connectivity index (χ2v) is 11.0. The van der Waals surface area contributed by atoms with E-state index in [0.717, 1.165) is 28.0 Å². The maximum Gasteiger partial charge on any atom is 0.273 e. The minimum atomic E-state index is -0.844. The standard InChI is InChI=1S/C31H31N7O4/c1-31(2)41-26-23(17-37-22-12-8-7-11-21(22)34-28(37)19-13-15-20(32)16-14-19)40-30(27(26)42-31)38-25(18-9-5-4-6-10-18)24(35-36-38)29(39)33-3/h4-16,23,26-27,30H,17,32H2,1-3H3,(H,33,39)/t23-,26-,27-,30-/m1/s1. The molecule has 1 amide bonds. The zero-order valence-corrected chi connectivity index (χ0v) is 23.5. The lowest BCUT2D eigenvalue weighted by atomic mass is 10.1. The van der Waals surface area contributed by atoms with Crippen LogP contribution in [0.4, 0.5) is 5.69 Å². The molecule has 4 atom stereocenters. The average Bonchev–Trinajstić information content (AvgIpc) is 3.74. The molecule has 4 heterocycles. The summed E-state index contributed by atoms with van der Waals surface area (Å²) in [6.45, 7) is 4.22. The Morgan fingerprint density at radius 2 is 1.67 bits per heavy atom. The highest BCUT2D eigenvalue weighted by molar-refractivity contribution is 5.97. The first-order chi connectivity index (χ1) is 20.3. The van der Waals surface area contributed by atoms with Crippen molar-refractivity contribution in [2.45, 2.75) is 50.7 Å². The molecule has 214 valence electrons. The molecule has 0 unspecified atom stereocenters. The maximum absolute atomic E-state index is 12.8. The second kappa shape index (κ2) is 10.1. The molecule has 0 radical (unpaired) electrons. The Morgan fingerprint density at radius 1 is 0.952 bits per heavy atom. The first kappa shape index (κ1) is 26.3. The van der Waals surface area contributed by atoms with Gasteiger partial charge in [-0.2, -0.15) is 0 Å². The number of carbonyl (C=O) groups is 1. The zero-order chi connectivity index (χ0) is 29.0. The molecule has 0 saturated carbocycles. The number of aromatic nitrogens is 5. The number of nitrogens with two attached hydrogens (primary N) is 1. The summed E-state index contributed by atoms with van der Waals surface area (Å²) in [5.41, 5.74) is 11.0. The van der Waals surface area contributed by atoms with Crippen molar-refractivity contribution in [2.75, 3.05) is 12.8 Å². The fourth-order valence-corrected chi connectivity index (χ4v) is 5.90. The van der Waals surface area contributed by atoms with Gasteiger partial charge in [0.2, 0.25) is 0 Å². The summed E-state index contributed by atoms with van der Waals surface area (Å²) in [6.07, 6.45) is -2.04. The molecule has 3 aromatic carbocycles. The van der Waals surface area contributed by atoms with Gasteiger partial charge in [-0.05, 0) is 50.2 Å². The van der Waals surface area contributed by atoms with E-state index in [0.29, 0.717) is 17.9 Å². The normalized spacial score (nSPS) is 22.8. The molecule has 11 heteroatoms. The van der Waals surface area contributed by atoms with Crippen molar-refractivity contribution in [1.29, 1.82) is 0 Å². The Kier molecular flexibility index (Phi) is 6.30. The fourth-order valence-electron chi connectivity index (χ4n) is 5.90. The Balaban J connectivity index is 1.31. The van der Waals surface area contributed by atoms with Gasteiger partial charge in [-0.3, -0.25) is 4.79 Å². The first-order valence-electron chi connectivity index (χ1n) is 13.9. The van der Waals surface area contributed by atoms with E-state index in [1.807, 2.05) is 92.7 Å². The number of anilines is 1. The van der Waals surface area contributed by atoms with Crippen LogP contribution in [0.15, 0.2) is 78.9 Å². The average molecular weight is 566 g/mol. The van der Waals surface area contributed by atoms with Gasteiger partial charge in [-0.1, -0.05) is 47.7 Å². The molecule has 2 aliphatic heterocycles. The number of ether oxygens (including phenoxy) is 3. The van der Waals surface area contributed by atoms with Gasteiger partial charge >= 0.3 is 0 Å². The highest BCUT2D eigenvalue weighted by Crippen LogP contribution is 2.45. The Labute approximate surface area is 242 Å². The summed E-state index contributed by atoms with van der Waals surface area (Å²) in [5.74, 6) is -0.387. The van der Waals surface area contributed by atoms with E-state index in [1.54, 1.807) is 11.7 Å². The molecular formula is C31H31N7O4. The van der Waals surface area contributed by atoms with Crippen LogP contribution < -0.4 is 11.1 Å². The molecule has 0 spiro atoms. The molecular weight excluding hydrogens is 534 g/mol. The third-order valence-electron chi connectivity index (χ3n) is 7.74. The van der Waals surface area contributed by atoms with Crippen LogP contribution in [0.1, 0.15) is 30.6 Å². The van der Waals surface area contributed by atoms with Gasteiger partial charge in [0.25, 0.3) is 5.91 Å². The number of hydrogen-bond acceptors (Lipinski definition) is 8. The molecule has 2 saturated heterocycles. The van der Waals surface area contributed by atoms with Crippen LogP contribution in [-0.4, -0.2) is 61.6 Å². The second-order valence-electron chi connectivity index (χ2n) is 11.0. The molecule has 2 aliphatic rings. The minimum absolute atomic E-state index is 0.205. The van der Waals surface area contributed by atoms with Crippen LogP contribution in [0.3, 0.4) is 0 Å². The predicted molar refractivity (Wildman–Crippen MR) is 156 cm³/mol. The van der Waals surface area contributed by atoms with Crippen molar-refractivity contribution in [3.8, 4) is 22.6 Å². The number of hydrogen-bond donors (Lipinski definition) is 2. The van der Waals surface area contributed by atoms with Gasteiger partial charge in [0.05, 0.1) is 17.6 Å². The van der Waals surface area contributed by atoms with E-state index in [9.17, 15) is 4.79 Å². The molecule has 3 N–H and O–H groups in total. The van der Waals surface area contributed by atoms with Crippen molar-refractivity contribution < 1.29 is 19.0 Å². The minimum Gasteiger partial charge on any atom is -0.399 e. The van der Waals surface area contributed by atoms with Crippen molar-refractivity contribution >= 4 is 22.6 Å². The van der Waals surface area contributed by atoms with Gasteiger partial charge < -0.3 is 29.8 Å². The van der Waals surface area contributed by atoms with Crippen LogP contribution in [0.25, 0.3) is 33.7 Å². The van der Waals surface area contributed by atoms with Crippen LogP contribution in [0, 0.1) is 0 Å². The van der Waals surface area contributed by atoms with Crippen LogP contribution in [-0.2, 0) is 20.8 Å². The van der Waals surface area contributed by atoms with Crippen molar-refractivity contribution in [2.24, 2.45) is 0 Å². The molecule has 2 aromatic heterocycles. The van der Waals surface area contributed by atoms with Crippen molar-refractivity contribution in [1.82, 2.24) is 29.9 Å². The van der Waals surface area contributed by atoms with E-state index < -0.39 is 30.3 Å². The molecule has 7 rings (SSSR count). The van der Waals surface area contributed by atoms with Crippen molar-refractivity contribution in [3.05, 3.63) is 84.6 Å². The van der Waals surface area contributed by atoms with Gasteiger partial charge in [0.1, 0.15) is 29.8 Å². The maximum atomic E-state index is 12.8. The summed E-state index contributed by atoms with van der Waals surface area (Å²) in [6, 6.07) is 25.2. The molecule has 2 fully saturated rings. The number of benzene rings is 3. The lowest BCUT2D eigenvalue weighted by Gasteiger charge is -2.25. The third-order valence-corrected chi connectivity index (χ3v) is 7.74. The Morgan fingerprint density at radius 3 is 2.43 bits per heavy atom. The quantitative estimate of drug-likeness (QED) is 0.295. The van der Waals surface area contributed by atoms with Gasteiger partial charge in [-0.15, -0.1) is 5.10 Å². The number of amides is 1. The number of nitrogens with zero attached hydrogens (tertiary/aromatic N) is 5. The number of nitrogens with one attached hydrogen (secondary N) is 1. The van der Waals surface area contributed by atoms with Crippen LogP contribution in [0.5, 0.6) is 0 Å². The van der Waals surface area contributed by atoms with Crippen molar-refractivity contribution in [3.63, 3.8) is 0 Å². The topological polar surface area (TPSA) is 131 Å². The highest BCUT2D eigenvalue weighted by atomic mass is 16.8. The third kappa shape index (κ3) is 4.42. The van der Waals surface area contributed by atoms with E-state index in [2.05, 4.69) is 20.2 Å². The Bertz CT molecular complexity index is 1760. The molecule has 0 aliphatic carbocycles. The van der Waals surface area contributed by atoms with Crippen LogP contribution in [0.2, 0.25) is 0 Å². The monoisotopic (exact) mass is 565 g/mol. The van der Waals surface area contributed by atoms with E-state index >= 15 is 0 Å². The number of rotatable bonds is 6. The number of para-hydroxylation sites is 2. The smallest absolute Gasteiger partial charge is 0.273 e. The van der Waals surface area contributed by atoms with Gasteiger partial charge in [-0.25, -0.2) is 9.67 Å². The number of imidazole rings is 1. The fraction of sp³-hybridized carbons (Fsp3) is 0.290. The van der Waals surface area contributed by atoms with E-state index in [-0.39, 0.29) is 11.6 Å². The predicted octanol–water partition coefficient (Wildman–Crippen LogP) is 4.02. The Hall–Kier alpha value is -4.58. The van der Waals surface area contributed by atoms with Gasteiger partial charge in [0.15, 0.2) is 17.7 Å². The number of fused-ring (bicyclic) bond motifs is 2. The number of carbonyl (C=O) groups excluding carboxylic acids is 1. The van der Waals surface area contributed by atoms with Gasteiger partial charge in [0, 0.05) is 23.9 Å². The summed E-state index contributed by atoms with van der Waals surface area (Å²) >= 11 is 0. The lowest BCUT2D eigenvalue weighted by molar-refractivity contribution is -0.199. The highest BCUT2D eigenvalue weighted by Gasteiger charge is 2.57. The summed E-state index contributed by atoms with van der Waals surface area (Å²) in [5, 5.41) is 11.3. The first-order valence-corrected chi connectivity index (χ1v) is 13.9. The summed E-state index contributed by atoms with van der Waals surface area (Å²) in [4.78, 5) is 17.8. The molecule has 11 nitrogen and oxygen atoms in total. The summed E-state index contributed by atoms with van der Waals surface area (Å²) in [7, 11) is 1.57. The zero-order valence-electron chi connectivity index (χ0n) is 23.5. The van der Waals surface area contributed by atoms with E-state index in [1.165, 1.54) is 0 Å². The SMILES string of the molecule is CNC(=O)c1nnn([C@@H]2O[C@H](Cn3c(-c4ccc(N)cc4)nc4ccccc43)[C@H]3OC(C)(C)O[C@H]32)c1-c1ccccc1.